The second-order valence-corrected chi connectivity index (χ2v) is 18.7. The first-order valence-electron chi connectivity index (χ1n) is 21.9. The van der Waals surface area contributed by atoms with Crippen LogP contribution in [0, 0.1) is 10.8 Å². The lowest BCUT2D eigenvalue weighted by molar-refractivity contribution is -0.167. The number of pyridine rings is 1. The Morgan fingerprint density at radius 1 is 0.672 bits per heavy atom. The lowest BCUT2D eigenvalue weighted by Gasteiger charge is -2.35. The van der Waals surface area contributed by atoms with E-state index in [9.17, 15) is 19.2 Å². The number of rotatable bonds is 32. The first-order chi connectivity index (χ1) is 30.4. The van der Waals surface area contributed by atoms with Crippen molar-refractivity contribution in [3.8, 4) is 5.75 Å². The zero-order valence-electron chi connectivity index (χ0n) is 38.8. The van der Waals surface area contributed by atoms with Gasteiger partial charge in [0.15, 0.2) is 0 Å². The maximum absolute atomic E-state index is 12.8. The monoisotopic (exact) mass is 910 g/mol. The minimum absolute atomic E-state index is 0.0466. The zero-order valence-corrected chi connectivity index (χ0v) is 39.6. The maximum Gasteiger partial charge on any atom is 0.329 e. The molecule has 0 spiro atoms. The van der Waals surface area contributed by atoms with E-state index in [0.717, 1.165) is 49.2 Å². The molecular formula is C48H70N4O11S. The number of nitrogens with one attached hydrogen (secondary N) is 3. The molecule has 0 radical (unpaired) electrons. The van der Waals surface area contributed by atoms with E-state index in [2.05, 4.69) is 58.5 Å². The highest BCUT2D eigenvalue weighted by molar-refractivity contribution is 8.00. The van der Waals surface area contributed by atoms with Crippen LogP contribution in [0.25, 0.3) is 0 Å². The number of aliphatic carboxylic acids is 1. The number of amides is 2. The first-order valence-corrected chi connectivity index (χ1v) is 22.7. The van der Waals surface area contributed by atoms with Crippen LogP contribution in [0.3, 0.4) is 0 Å². The average Bonchev–Trinajstić information content (AvgIpc) is 3.23. The number of hydrogen-bond acceptors (Lipinski definition) is 13. The third-order valence-corrected chi connectivity index (χ3v) is 10.4. The molecule has 0 aliphatic heterocycles. The molecule has 0 saturated heterocycles. The van der Waals surface area contributed by atoms with Gasteiger partial charge in [0, 0.05) is 30.6 Å². The van der Waals surface area contributed by atoms with Crippen LogP contribution in [0.2, 0.25) is 0 Å². The Morgan fingerprint density at radius 2 is 1.28 bits per heavy atom. The lowest BCUT2D eigenvalue weighted by Crippen LogP contribution is -2.36. The van der Waals surface area contributed by atoms with Gasteiger partial charge in [-0.15, -0.1) is 0 Å². The molecule has 16 heteroatoms. The van der Waals surface area contributed by atoms with Crippen LogP contribution in [0.15, 0.2) is 71.8 Å². The minimum Gasteiger partial charge on any atom is -0.493 e. The van der Waals surface area contributed by atoms with Gasteiger partial charge in [0.1, 0.15) is 30.4 Å². The van der Waals surface area contributed by atoms with Crippen LogP contribution >= 0.6 is 11.9 Å². The molecule has 0 aliphatic rings. The second-order valence-electron chi connectivity index (χ2n) is 17.8. The number of aromatic nitrogens is 1. The molecule has 2 amide bonds. The third-order valence-electron chi connectivity index (χ3n) is 9.55. The SMILES string of the molecule is CC(C)(CCCCc1ccc(CCOc2ccc(SNc3ccc(C(=O)NCCOCCOCC(=O)NCCOCCOCC(=O)O)cn3)cc2)cc1)CC(C)(C)C(=O)OC(C)(C)C. The Labute approximate surface area is 383 Å². The summed E-state index contributed by atoms with van der Waals surface area (Å²) in [5, 5.41) is 13.9. The average molecular weight is 911 g/mol. The summed E-state index contributed by atoms with van der Waals surface area (Å²) in [5.41, 5.74) is 2.03. The number of nitrogens with zero attached hydrogens (tertiary/aromatic N) is 1. The molecule has 0 aliphatic carbocycles. The van der Waals surface area contributed by atoms with Crippen molar-refractivity contribution in [1.29, 1.82) is 0 Å². The van der Waals surface area contributed by atoms with Gasteiger partial charge in [0.05, 0.1) is 57.2 Å². The predicted octanol–water partition coefficient (Wildman–Crippen LogP) is 7.32. The van der Waals surface area contributed by atoms with Gasteiger partial charge in [-0.1, -0.05) is 44.5 Å². The largest absolute Gasteiger partial charge is 0.493 e. The number of carbonyl (C=O) groups excluding carboxylic acids is 3. The minimum atomic E-state index is -1.04. The van der Waals surface area contributed by atoms with Crippen LogP contribution in [-0.2, 0) is 50.9 Å². The van der Waals surface area contributed by atoms with E-state index < -0.39 is 17.0 Å². The summed E-state index contributed by atoms with van der Waals surface area (Å²) in [4.78, 5) is 52.7. The Hall–Kier alpha value is -4.74. The molecule has 64 heavy (non-hydrogen) atoms. The van der Waals surface area contributed by atoms with Gasteiger partial charge in [-0.3, -0.25) is 14.4 Å². The Morgan fingerprint density at radius 3 is 1.89 bits per heavy atom. The quantitative estimate of drug-likeness (QED) is 0.0277. The van der Waals surface area contributed by atoms with E-state index in [1.807, 2.05) is 58.9 Å². The van der Waals surface area contributed by atoms with Gasteiger partial charge < -0.3 is 48.9 Å². The van der Waals surface area contributed by atoms with Crippen LogP contribution in [0.5, 0.6) is 5.75 Å². The molecule has 0 bridgehead atoms. The van der Waals surface area contributed by atoms with E-state index in [1.165, 1.54) is 29.3 Å². The third kappa shape index (κ3) is 23.8. The van der Waals surface area contributed by atoms with Crippen molar-refractivity contribution in [2.45, 2.75) is 97.5 Å². The second kappa shape index (κ2) is 28.2. The van der Waals surface area contributed by atoms with Gasteiger partial charge in [-0.05, 0) is 125 Å². The number of aryl methyl sites for hydroxylation is 1. The number of unbranched alkanes of at least 4 members (excludes halogenated alkanes) is 1. The number of carboxylic acid groups (broad SMARTS) is 1. The Kier molecular flexibility index (Phi) is 23.6. The molecule has 0 unspecified atom stereocenters. The van der Waals surface area contributed by atoms with E-state index in [-0.39, 0.29) is 76.1 Å². The summed E-state index contributed by atoms with van der Waals surface area (Å²) < 4.78 is 35.7. The smallest absolute Gasteiger partial charge is 0.329 e. The number of benzene rings is 2. The Balaban J connectivity index is 1.21. The van der Waals surface area contributed by atoms with Crippen molar-refractivity contribution < 1.29 is 52.7 Å². The predicted molar refractivity (Wildman–Crippen MR) is 248 cm³/mol. The van der Waals surface area contributed by atoms with Crippen molar-refractivity contribution in [1.82, 2.24) is 15.6 Å². The van der Waals surface area contributed by atoms with Crippen molar-refractivity contribution in [2.75, 3.05) is 77.3 Å². The molecule has 1 heterocycles. The molecule has 4 N–H and O–H groups in total. The van der Waals surface area contributed by atoms with Gasteiger partial charge >= 0.3 is 11.9 Å². The summed E-state index contributed by atoms with van der Waals surface area (Å²) in [6.45, 7) is 16.3. The first kappa shape index (κ1) is 53.6. The summed E-state index contributed by atoms with van der Waals surface area (Å²) in [6.07, 6.45) is 7.41. The van der Waals surface area contributed by atoms with Crippen molar-refractivity contribution in [3.05, 3.63) is 83.6 Å². The van der Waals surface area contributed by atoms with E-state index in [1.54, 1.807) is 12.1 Å². The van der Waals surface area contributed by atoms with Gasteiger partial charge in [-0.2, -0.15) is 0 Å². The molecule has 15 nitrogen and oxygen atoms in total. The highest BCUT2D eigenvalue weighted by Gasteiger charge is 2.37. The molecular weight excluding hydrogens is 841 g/mol. The topological polar surface area (TPSA) is 193 Å². The molecule has 3 aromatic rings. The normalized spacial score (nSPS) is 11.8. The van der Waals surface area contributed by atoms with Crippen LogP contribution in [0.1, 0.15) is 95.6 Å². The summed E-state index contributed by atoms with van der Waals surface area (Å²) in [6, 6.07) is 20.1. The summed E-state index contributed by atoms with van der Waals surface area (Å²) >= 11 is 1.41. The molecule has 354 valence electrons. The number of carboxylic acids is 1. The fraction of sp³-hybridized carbons (Fsp3) is 0.562. The number of carbonyl (C=O) groups is 4. The number of esters is 1. The van der Waals surface area contributed by atoms with Crippen molar-refractivity contribution in [3.63, 3.8) is 0 Å². The molecule has 0 saturated carbocycles. The van der Waals surface area contributed by atoms with Crippen molar-refractivity contribution in [2.24, 2.45) is 10.8 Å². The lowest BCUT2D eigenvalue weighted by atomic mass is 9.72. The van der Waals surface area contributed by atoms with Crippen LogP contribution in [0.4, 0.5) is 5.82 Å². The van der Waals surface area contributed by atoms with Crippen molar-refractivity contribution >= 4 is 41.5 Å². The molecule has 1 aromatic heterocycles. The van der Waals surface area contributed by atoms with Crippen LogP contribution in [-0.4, -0.2) is 112 Å². The van der Waals surface area contributed by atoms with Gasteiger partial charge in [0.2, 0.25) is 5.91 Å². The van der Waals surface area contributed by atoms with E-state index in [0.29, 0.717) is 31.1 Å². The zero-order chi connectivity index (χ0) is 46.9. The highest BCUT2D eigenvalue weighted by atomic mass is 32.2. The summed E-state index contributed by atoms with van der Waals surface area (Å²) in [5.74, 6) is -0.327. The van der Waals surface area contributed by atoms with E-state index in [4.69, 9.17) is 33.5 Å². The Bertz CT molecular complexity index is 1830. The number of hydrogen-bond donors (Lipinski definition) is 4. The highest BCUT2D eigenvalue weighted by Crippen LogP contribution is 2.39. The fourth-order valence-electron chi connectivity index (χ4n) is 6.59. The van der Waals surface area contributed by atoms with Crippen LogP contribution < -0.4 is 20.1 Å². The standard InChI is InChI=1S/C48H70N4O11S/c1-46(2,3)63-45(57)48(6,7)35-47(4,5)22-9-8-10-36-11-13-37(14-12-36)21-25-62-39-16-18-40(19-17-39)64-52-41-20-15-38(32-51-41)44(56)50-24-27-59-28-30-60-33-42(53)49-23-26-58-29-31-61-34-43(54)55/h11-20,32H,8-10,21-31,33-35H2,1-7H3,(H,49,53)(H,50,56)(H,51,52)(H,54,55). The molecule has 2 aromatic carbocycles. The maximum atomic E-state index is 12.8. The van der Waals surface area contributed by atoms with Gasteiger partial charge in [-0.25, -0.2) is 9.78 Å². The molecule has 0 atom stereocenters. The van der Waals surface area contributed by atoms with E-state index >= 15 is 0 Å². The molecule has 3 rings (SSSR count). The molecule has 0 fully saturated rings. The fourth-order valence-corrected chi connectivity index (χ4v) is 7.20. The summed E-state index contributed by atoms with van der Waals surface area (Å²) in [7, 11) is 0. The van der Waals surface area contributed by atoms with Gasteiger partial charge in [0.25, 0.3) is 5.91 Å². The number of anilines is 1. The number of ether oxygens (including phenoxy) is 6.